The number of aliphatic hydroxyl groups excluding tert-OH is 3. The Morgan fingerprint density at radius 1 is 0.443 bits per heavy atom. The van der Waals surface area contributed by atoms with Gasteiger partial charge in [0.1, 0.15) is 0 Å². The SMILES string of the molecule is CC1(C)[C@@H]2C[C@H](C(=O)N[C@@H]3[C@@H](C(=O)N[C@@H](CO)CC(N)=O)C[C@@H]4C[C@H]3C4(C)C)[C@@H](NC(=O)C[C@H](CO)NC(=O)[C@H]3C[C@@H]4C[C@H]([C@@H]3NC(=O)[C@H]3C[C@@H]5C[C@H]([C@@H]3NC(=O)C[C@@H](N)CO)C5(C)C)C4(C)C)[C@H]1C2. The van der Waals surface area contributed by atoms with E-state index in [0.29, 0.717) is 31.6 Å². The molecule has 12 aliphatic rings. The topological polar surface area (TPSA) is 304 Å². The highest BCUT2D eigenvalue weighted by Crippen LogP contribution is 2.64. The van der Waals surface area contributed by atoms with Gasteiger partial charge in [0.25, 0.3) is 0 Å². The van der Waals surface area contributed by atoms with Gasteiger partial charge in [-0.2, -0.15) is 0 Å². The maximum absolute atomic E-state index is 14.6. The average Bonchev–Trinajstić information content (AvgIpc) is 3.29. The predicted octanol–water partition coefficient (Wildman–Crippen LogP) is 0.584. The third-order valence-corrected chi connectivity index (χ3v) is 21.1. The van der Waals surface area contributed by atoms with E-state index < -0.39 is 91.0 Å². The summed E-state index contributed by atoms with van der Waals surface area (Å²) >= 11 is 0. The maximum atomic E-state index is 14.6. The van der Waals surface area contributed by atoms with Crippen LogP contribution in [0.4, 0.5) is 0 Å². The van der Waals surface area contributed by atoms with E-state index in [9.17, 15) is 48.9 Å². The van der Waals surface area contributed by atoms with Gasteiger partial charge >= 0.3 is 0 Å². The molecule has 0 aromatic rings. The molecule has 70 heavy (non-hydrogen) atoms. The van der Waals surface area contributed by atoms with Crippen LogP contribution in [-0.2, 0) is 33.6 Å². The number of nitrogens with two attached hydrogens (primary N) is 2. The van der Waals surface area contributed by atoms with Crippen LogP contribution in [0, 0.1) is 92.7 Å². The van der Waals surface area contributed by atoms with Crippen molar-refractivity contribution in [3.63, 3.8) is 0 Å². The van der Waals surface area contributed by atoms with Crippen molar-refractivity contribution in [3.05, 3.63) is 0 Å². The summed E-state index contributed by atoms with van der Waals surface area (Å²) < 4.78 is 0. The molecule has 0 aliphatic heterocycles. The van der Waals surface area contributed by atoms with Crippen LogP contribution in [0.5, 0.6) is 0 Å². The summed E-state index contributed by atoms with van der Waals surface area (Å²) in [7, 11) is 0. The first-order chi connectivity index (χ1) is 32.7. The smallest absolute Gasteiger partial charge is 0.225 e. The second kappa shape index (κ2) is 19.2. The third kappa shape index (κ3) is 9.26. The average molecular weight is 981 g/mol. The number of rotatable bonds is 19. The lowest BCUT2D eigenvalue weighted by Gasteiger charge is -2.63. The highest BCUT2D eigenvalue weighted by molar-refractivity contribution is 5.87. The predicted molar refractivity (Wildman–Crippen MR) is 258 cm³/mol. The number of carbonyl (C=O) groups is 7. The van der Waals surface area contributed by atoms with Gasteiger partial charge in [-0.25, -0.2) is 0 Å². The summed E-state index contributed by atoms with van der Waals surface area (Å²) in [5, 5.41) is 48.7. The van der Waals surface area contributed by atoms with E-state index in [4.69, 9.17) is 11.5 Å². The molecule has 0 spiro atoms. The van der Waals surface area contributed by atoms with E-state index in [0.717, 1.165) is 25.7 Å². The largest absolute Gasteiger partial charge is 0.395 e. The highest BCUT2D eigenvalue weighted by Gasteiger charge is 2.64. The molecule has 12 fully saturated rings. The number of primary amides is 1. The molecule has 0 radical (unpaired) electrons. The monoisotopic (exact) mass is 981 g/mol. The first-order valence-corrected chi connectivity index (χ1v) is 26.4. The second-order valence-electron chi connectivity index (χ2n) is 25.9. The minimum atomic E-state index is -0.932. The van der Waals surface area contributed by atoms with Gasteiger partial charge in [0.05, 0.1) is 55.6 Å². The maximum Gasteiger partial charge on any atom is 0.225 e. The summed E-state index contributed by atoms with van der Waals surface area (Å²) in [6, 6.07) is -4.42. The van der Waals surface area contributed by atoms with E-state index in [1.54, 1.807) is 0 Å². The second-order valence-corrected chi connectivity index (χ2v) is 25.9. The molecule has 0 aromatic carbocycles. The number of carbonyl (C=O) groups excluding carboxylic acids is 7. The Balaban J connectivity index is 0.927. The zero-order valence-electron chi connectivity index (χ0n) is 42.7. The van der Waals surface area contributed by atoms with Crippen molar-refractivity contribution in [2.75, 3.05) is 19.8 Å². The first-order valence-electron chi connectivity index (χ1n) is 26.4. The number of fused-ring (bicyclic) bond motifs is 8. The van der Waals surface area contributed by atoms with Gasteiger partial charge in [0.2, 0.25) is 41.4 Å². The number of hydrogen-bond acceptors (Lipinski definition) is 11. The Bertz CT molecular complexity index is 2080. The molecular formula is C52H84N8O10. The molecule has 18 heteroatoms. The van der Waals surface area contributed by atoms with Gasteiger partial charge in [0, 0.05) is 49.5 Å². The van der Waals surface area contributed by atoms with Crippen molar-refractivity contribution in [1.29, 1.82) is 0 Å². The van der Waals surface area contributed by atoms with Crippen LogP contribution >= 0.6 is 0 Å². The number of hydrogen-bond donors (Lipinski definition) is 11. The molecule has 392 valence electrons. The molecule has 18 nitrogen and oxygen atoms in total. The van der Waals surface area contributed by atoms with Gasteiger partial charge < -0.3 is 58.7 Å². The molecule has 0 heterocycles. The lowest BCUT2D eigenvalue weighted by atomic mass is 9.44. The van der Waals surface area contributed by atoms with Gasteiger partial charge in [-0.15, -0.1) is 0 Å². The van der Waals surface area contributed by atoms with Gasteiger partial charge in [0.15, 0.2) is 0 Å². The summed E-state index contributed by atoms with van der Waals surface area (Å²) in [6.45, 7) is 16.0. The fraction of sp³-hybridized carbons (Fsp3) is 0.865. The van der Waals surface area contributed by atoms with Crippen LogP contribution in [0.15, 0.2) is 0 Å². The Morgan fingerprint density at radius 3 is 1.04 bits per heavy atom. The summed E-state index contributed by atoms with van der Waals surface area (Å²) in [5.74, 6) is -3.53. The molecule has 0 aromatic heterocycles. The molecule has 13 N–H and O–H groups in total. The molecule has 7 amide bonds. The van der Waals surface area contributed by atoms with Crippen LogP contribution in [0.3, 0.4) is 0 Å². The van der Waals surface area contributed by atoms with Crippen LogP contribution in [0.25, 0.3) is 0 Å². The van der Waals surface area contributed by atoms with Crippen molar-refractivity contribution in [2.45, 2.75) is 168 Å². The van der Waals surface area contributed by atoms with E-state index in [1.165, 1.54) is 0 Å². The summed E-state index contributed by atoms with van der Waals surface area (Å²) in [6.07, 6.45) is 5.18. The zero-order chi connectivity index (χ0) is 51.2. The molecule has 0 saturated heterocycles. The Hall–Kier alpha value is -3.87. The van der Waals surface area contributed by atoms with Crippen LogP contribution in [0.1, 0.15) is 126 Å². The van der Waals surface area contributed by atoms with Crippen molar-refractivity contribution in [1.82, 2.24) is 31.9 Å². The van der Waals surface area contributed by atoms with Crippen molar-refractivity contribution in [2.24, 2.45) is 104 Å². The minimum Gasteiger partial charge on any atom is -0.395 e. The zero-order valence-corrected chi connectivity index (χ0v) is 42.7. The van der Waals surface area contributed by atoms with Crippen LogP contribution < -0.4 is 43.4 Å². The summed E-state index contributed by atoms with van der Waals surface area (Å²) in [4.78, 5) is 96.2. The lowest BCUT2D eigenvalue weighted by Crippen LogP contribution is -2.69. The Kier molecular flexibility index (Phi) is 14.4. The number of amides is 7. The minimum absolute atomic E-state index is 0.00365. The molecule has 19 atom stereocenters. The molecule has 8 bridgehead atoms. The lowest BCUT2D eigenvalue weighted by molar-refractivity contribution is -0.161. The molecular weight excluding hydrogens is 897 g/mol. The molecule has 0 unspecified atom stereocenters. The Morgan fingerprint density at radius 2 is 0.743 bits per heavy atom. The quantitative estimate of drug-likeness (QED) is 0.0851. The molecule has 12 aliphatic carbocycles. The number of aliphatic hydroxyl groups is 3. The van der Waals surface area contributed by atoms with E-state index in [2.05, 4.69) is 87.3 Å². The van der Waals surface area contributed by atoms with Gasteiger partial charge in [-0.05, 0) is 120 Å². The van der Waals surface area contributed by atoms with Crippen molar-refractivity contribution >= 4 is 41.4 Å². The van der Waals surface area contributed by atoms with Crippen molar-refractivity contribution in [3.8, 4) is 0 Å². The summed E-state index contributed by atoms with van der Waals surface area (Å²) in [5.41, 5.74) is 10.8. The van der Waals surface area contributed by atoms with E-state index in [-0.39, 0.29) is 118 Å². The number of nitrogens with one attached hydrogen (secondary N) is 6. The van der Waals surface area contributed by atoms with E-state index >= 15 is 0 Å². The van der Waals surface area contributed by atoms with Gasteiger partial charge in [-0.3, -0.25) is 33.6 Å². The van der Waals surface area contributed by atoms with E-state index in [1.807, 2.05) is 0 Å². The van der Waals surface area contributed by atoms with Crippen LogP contribution in [0.2, 0.25) is 0 Å². The van der Waals surface area contributed by atoms with Gasteiger partial charge in [-0.1, -0.05) is 55.4 Å². The highest BCUT2D eigenvalue weighted by atomic mass is 16.3. The fourth-order valence-corrected chi connectivity index (χ4v) is 15.8. The normalized spacial score (nSPS) is 39.5. The Labute approximate surface area is 413 Å². The fourth-order valence-electron chi connectivity index (χ4n) is 15.8. The van der Waals surface area contributed by atoms with Crippen molar-refractivity contribution < 1.29 is 48.9 Å². The third-order valence-electron chi connectivity index (χ3n) is 21.1. The van der Waals surface area contributed by atoms with Crippen LogP contribution in [-0.4, -0.2) is 119 Å². The molecule has 12 rings (SSSR count). The molecule has 12 saturated carbocycles. The standard InChI is InChI=1S/C52H84N8O10/c1-49(2)23-9-30(41(34(49)13-23)57-39(65)17-27(53)20-61)47(69)60-44-33(12-26-16-37(44)52(26,7)8)46(68)56-29(22-63)19-40(66)58-42-31(10-24-14-35(42)50(24,3)4)48(70)59-43-32(11-25-15-36(43)51(25,5)6)45(67)55-28(21-62)18-38(54)64/h23-37,41-44,61-63H,9-22,53H2,1-8H3,(H2,54,64)(H,55,67)(H,56,68)(H,57,65)(H,58,66)(H,59,70)(H,60,69)/t23-,24-,25-,26-,27-,28-,29-,30+,31+,32+,33+,34-,35-,36-,37-,41-,42-,43-,44-/m1/s1. The first kappa shape index (κ1) is 52.5.